The van der Waals surface area contributed by atoms with E-state index in [0.29, 0.717) is 29.4 Å². The molecule has 0 saturated heterocycles. The minimum absolute atomic E-state index is 0. The van der Waals surface area contributed by atoms with Crippen LogP contribution < -0.4 is 14.8 Å². The van der Waals surface area contributed by atoms with Crippen LogP contribution in [0.15, 0.2) is 127 Å². The van der Waals surface area contributed by atoms with Crippen molar-refractivity contribution >= 4 is 50.2 Å². The Hall–Kier alpha value is -5.05. The van der Waals surface area contributed by atoms with Crippen LogP contribution in [0.3, 0.4) is 0 Å². The average Bonchev–Trinajstić information content (AvgIpc) is 3.75. The molecule has 0 bridgehead atoms. The minimum atomic E-state index is 0. The summed E-state index contributed by atoms with van der Waals surface area (Å²) < 4.78 is 0. The van der Waals surface area contributed by atoms with Gasteiger partial charge in [-0.15, -0.1) is 17.7 Å². The standard InChI is InChI=1S/C31H39N2.C19H11N2.Au/c1-20(2)24-13-11-14-25(21(3)4)30(24)32-19-33(29-18-10-9-17-28(29)32)31-26(22(5)6)15-12-16-27(31)23(7)8;1-20-15-8-10-19-17(12-15)16-11-14(7-9-18(16)21-19)13-5-3-2-4-6-13;/h9-23H,1-8H3;2-12H;/q2*-1;. The van der Waals surface area contributed by atoms with E-state index >= 15 is 0 Å². The maximum absolute atomic E-state index is 7.16. The van der Waals surface area contributed by atoms with Gasteiger partial charge in [0.15, 0.2) is 5.69 Å². The average molecular weight is 904 g/mol. The number of rotatable bonds is 7. The molecule has 283 valence electrons. The Morgan fingerprint density at radius 3 is 1.38 bits per heavy atom. The van der Waals surface area contributed by atoms with Crippen molar-refractivity contribution in [3.63, 3.8) is 0 Å². The van der Waals surface area contributed by atoms with Crippen molar-refractivity contribution < 1.29 is 22.4 Å². The van der Waals surface area contributed by atoms with E-state index in [1.165, 1.54) is 56.1 Å². The molecule has 0 N–H and O–H groups in total. The second-order valence-electron chi connectivity index (χ2n) is 15.6. The van der Waals surface area contributed by atoms with Gasteiger partial charge in [-0.25, -0.2) is 4.85 Å². The van der Waals surface area contributed by atoms with Gasteiger partial charge in [0.1, 0.15) is 0 Å². The first-order valence-corrected chi connectivity index (χ1v) is 19.3. The van der Waals surface area contributed by atoms with Crippen molar-refractivity contribution in [1.29, 1.82) is 0 Å². The first-order chi connectivity index (χ1) is 26.1. The molecule has 1 aliphatic rings. The van der Waals surface area contributed by atoms with Crippen molar-refractivity contribution in [1.82, 2.24) is 4.98 Å². The third kappa shape index (κ3) is 7.76. The summed E-state index contributed by atoms with van der Waals surface area (Å²) in [4.78, 5) is 13.0. The summed E-state index contributed by atoms with van der Waals surface area (Å²) >= 11 is 0. The van der Waals surface area contributed by atoms with Gasteiger partial charge < -0.3 is 14.8 Å². The molecule has 0 atom stereocenters. The Labute approximate surface area is 343 Å². The molecule has 5 heteroatoms. The van der Waals surface area contributed by atoms with Crippen LogP contribution in [-0.4, -0.2) is 0 Å². The fourth-order valence-electron chi connectivity index (χ4n) is 7.74. The Bertz CT molecular complexity index is 2330. The molecular weight excluding hydrogens is 854 g/mol. The molecule has 1 aliphatic heterocycles. The van der Waals surface area contributed by atoms with E-state index in [1.807, 2.05) is 36.4 Å². The van der Waals surface area contributed by atoms with E-state index in [-0.39, 0.29) is 22.4 Å². The van der Waals surface area contributed by atoms with Crippen molar-refractivity contribution in [3.8, 4) is 11.1 Å². The molecule has 1 radical (unpaired) electrons. The molecule has 7 aromatic rings. The number of hydrogen-bond donors (Lipinski definition) is 0. The smallest absolute Gasteiger partial charge is 0.187 e. The van der Waals surface area contributed by atoms with E-state index in [4.69, 9.17) is 6.57 Å². The van der Waals surface area contributed by atoms with Crippen LogP contribution in [0.4, 0.5) is 28.4 Å². The van der Waals surface area contributed by atoms with Gasteiger partial charge in [-0.3, -0.25) is 0 Å². The van der Waals surface area contributed by atoms with Gasteiger partial charge in [0.2, 0.25) is 0 Å². The zero-order chi connectivity index (χ0) is 38.1. The first kappa shape index (κ1) is 39.6. The van der Waals surface area contributed by atoms with Crippen molar-refractivity contribution in [2.75, 3.05) is 9.80 Å². The first-order valence-electron chi connectivity index (χ1n) is 19.3. The van der Waals surface area contributed by atoms with Crippen LogP contribution in [0.2, 0.25) is 0 Å². The van der Waals surface area contributed by atoms with Gasteiger partial charge in [-0.1, -0.05) is 159 Å². The van der Waals surface area contributed by atoms with E-state index in [2.05, 4.69) is 173 Å². The zero-order valence-corrected chi connectivity index (χ0v) is 35.3. The number of nitrogens with zero attached hydrogens (tertiary/aromatic N) is 4. The van der Waals surface area contributed by atoms with Gasteiger partial charge in [-0.2, -0.15) is 0 Å². The number of hydrogen-bond acceptors (Lipinski definition) is 2. The second kappa shape index (κ2) is 16.8. The van der Waals surface area contributed by atoms with E-state index < -0.39 is 0 Å². The summed E-state index contributed by atoms with van der Waals surface area (Å²) in [6, 6.07) is 44.8. The second-order valence-corrected chi connectivity index (χ2v) is 15.6. The number of anilines is 4. The Balaban J connectivity index is 0.000000201. The summed E-state index contributed by atoms with van der Waals surface area (Å²) in [7, 11) is 0. The Morgan fingerprint density at radius 2 is 0.927 bits per heavy atom. The summed E-state index contributed by atoms with van der Waals surface area (Å²) in [5.41, 5.74) is 15.7. The Kier molecular flexibility index (Phi) is 12.1. The maximum atomic E-state index is 7.16. The predicted molar refractivity (Wildman–Crippen MR) is 231 cm³/mol. The van der Waals surface area contributed by atoms with Crippen molar-refractivity contribution in [2.24, 2.45) is 0 Å². The summed E-state index contributed by atoms with van der Waals surface area (Å²) in [6.45, 7) is 27.9. The number of benzene rings is 6. The number of fused-ring (bicyclic) bond motifs is 4. The van der Waals surface area contributed by atoms with Crippen LogP contribution in [0.25, 0.3) is 37.8 Å². The fourth-order valence-corrected chi connectivity index (χ4v) is 7.74. The van der Waals surface area contributed by atoms with Crippen LogP contribution in [-0.2, 0) is 22.4 Å². The fraction of sp³-hybridized carbons (Fsp3) is 0.240. The van der Waals surface area contributed by atoms with Crippen molar-refractivity contribution in [3.05, 3.63) is 168 Å². The minimum Gasteiger partial charge on any atom is -0.657 e. The van der Waals surface area contributed by atoms with Gasteiger partial charge in [-0.05, 0) is 92.1 Å². The van der Waals surface area contributed by atoms with Gasteiger partial charge in [0.05, 0.1) is 6.57 Å². The van der Waals surface area contributed by atoms with Gasteiger partial charge in [0.25, 0.3) is 0 Å². The van der Waals surface area contributed by atoms with Crippen LogP contribution in [0.5, 0.6) is 0 Å². The molecule has 55 heavy (non-hydrogen) atoms. The third-order valence-electron chi connectivity index (χ3n) is 10.5. The van der Waals surface area contributed by atoms with Crippen LogP contribution in [0, 0.1) is 13.2 Å². The maximum Gasteiger partial charge on any atom is 0.187 e. The molecule has 8 rings (SSSR count). The summed E-state index contributed by atoms with van der Waals surface area (Å²) in [5.74, 6) is 1.79. The topological polar surface area (TPSA) is 24.9 Å². The van der Waals surface area contributed by atoms with Gasteiger partial charge in [0, 0.05) is 45.1 Å². The van der Waals surface area contributed by atoms with E-state index in [9.17, 15) is 0 Å². The molecule has 0 saturated carbocycles. The molecule has 1 aromatic heterocycles. The molecule has 6 aromatic carbocycles. The zero-order valence-electron chi connectivity index (χ0n) is 33.1. The normalized spacial score (nSPS) is 12.3. The number of aromatic nitrogens is 1. The van der Waals surface area contributed by atoms with Crippen molar-refractivity contribution in [2.45, 2.75) is 79.1 Å². The summed E-state index contributed by atoms with van der Waals surface area (Å²) in [6.07, 6.45) is 0. The van der Waals surface area contributed by atoms with Gasteiger partial charge >= 0.3 is 0 Å². The molecular formula is C50H50AuN4-2. The summed E-state index contributed by atoms with van der Waals surface area (Å²) in [5, 5.41) is 2.16. The molecule has 0 amide bonds. The van der Waals surface area contributed by atoms with Crippen LogP contribution in [0.1, 0.15) is 101 Å². The molecule has 0 fully saturated rings. The van der Waals surface area contributed by atoms with Crippen LogP contribution >= 0.6 is 0 Å². The monoisotopic (exact) mass is 903 g/mol. The Morgan fingerprint density at radius 1 is 0.491 bits per heavy atom. The van der Waals surface area contributed by atoms with E-state index in [0.717, 1.165) is 21.8 Å². The van der Waals surface area contributed by atoms with E-state index in [1.54, 1.807) is 0 Å². The molecule has 4 nitrogen and oxygen atoms in total. The molecule has 0 aliphatic carbocycles. The SMILES string of the molecule is CC(C)c1cccc(C(C)C)c1N1[CH-]N(c2c(C(C)C)cccc2C(C)C)c2ccccc21.[Au].[C-]#[N+]c1ccc2[n-]c3ccc(-c4ccccc4)cc3c2c1. The third-order valence-corrected chi connectivity index (χ3v) is 10.5. The predicted octanol–water partition coefficient (Wildman–Crippen LogP) is 14.8. The quantitative estimate of drug-likeness (QED) is 0.118. The molecule has 0 unspecified atom stereocenters. The number of para-hydroxylation sites is 4. The largest absolute Gasteiger partial charge is 0.657 e. The molecule has 0 spiro atoms. The molecule has 2 heterocycles.